The molecule has 0 radical (unpaired) electrons. The number of hydrogen-bond donors (Lipinski definition) is 1. The first-order valence-corrected chi connectivity index (χ1v) is 8.02. The van der Waals surface area contributed by atoms with Crippen molar-refractivity contribution < 1.29 is 9.53 Å². The zero-order valence-corrected chi connectivity index (χ0v) is 13.9. The lowest BCUT2D eigenvalue weighted by Crippen LogP contribution is -2.47. The third-order valence-corrected chi connectivity index (χ3v) is 4.22. The van der Waals surface area contributed by atoms with E-state index >= 15 is 0 Å². The van der Waals surface area contributed by atoms with Crippen molar-refractivity contribution in [3.8, 4) is 0 Å². The van der Waals surface area contributed by atoms with E-state index in [4.69, 9.17) is 4.74 Å². The minimum absolute atomic E-state index is 0.0452. The Morgan fingerprint density at radius 2 is 2.00 bits per heavy atom. The zero-order chi connectivity index (χ0) is 15.3. The third-order valence-electron chi connectivity index (χ3n) is 4.22. The maximum absolute atomic E-state index is 11.8. The van der Waals surface area contributed by atoms with E-state index in [1.54, 1.807) is 6.92 Å². The number of hydrogen-bond acceptors (Lipinski definition) is 3. The van der Waals surface area contributed by atoms with Gasteiger partial charge in [0.2, 0.25) is 0 Å². The lowest BCUT2D eigenvalue weighted by Gasteiger charge is -2.37. The van der Waals surface area contributed by atoms with Crippen molar-refractivity contribution in [3.05, 3.63) is 11.6 Å². The van der Waals surface area contributed by atoms with Crippen LogP contribution < -0.4 is 5.32 Å². The van der Waals surface area contributed by atoms with Gasteiger partial charge in [0.1, 0.15) is 0 Å². The van der Waals surface area contributed by atoms with Crippen LogP contribution in [0.5, 0.6) is 0 Å². The average Bonchev–Trinajstić information content (AvgIpc) is 2.38. The molecule has 0 aromatic rings. The summed E-state index contributed by atoms with van der Waals surface area (Å²) in [7, 11) is 0. The molecule has 0 saturated heterocycles. The Morgan fingerprint density at radius 3 is 2.45 bits per heavy atom. The number of Topliss-reactive ketones (excluding diaryl/α,β-unsaturated/α-hetero) is 1. The van der Waals surface area contributed by atoms with E-state index in [2.05, 4.69) is 46.0 Å². The second kappa shape index (κ2) is 7.94. The second-order valence-corrected chi connectivity index (χ2v) is 6.28. The molecule has 0 aromatic heterocycles. The number of ketones is 1. The molecule has 0 bridgehead atoms. The molecule has 0 fully saturated rings. The standard InChI is InChI=1S/C17H31NO2/c1-7-15(8-2)20-17-10-14(13(6)19)9-16(12(17)5)18-11(3)4/h10-12,15-18H,7-9H2,1-6H3/t12-,16+,17-/m1/s1. The average molecular weight is 281 g/mol. The van der Waals surface area contributed by atoms with Crippen LogP contribution in [0.2, 0.25) is 0 Å². The number of carbonyl (C=O) groups excluding carboxylic acids is 1. The van der Waals surface area contributed by atoms with Crippen molar-refractivity contribution in [1.29, 1.82) is 0 Å². The number of nitrogens with one attached hydrogen (secondary N) is 1. The molecule has 1 aliphatic carbocycles. The van der Waals surface area contributed by atoms with Gasteiger partial charge in [0.05, 0.1) is 12.2 Å². The van der Waals surface area contributed by atoms with Crippen LogP contribution in [-0.2, 0) is 9.53 Å². The number of rotatable bonds is 7. The maximum Gasteiger partial charge on any atom is 0.155 e. The fraction of sp³-hybridized carbons (Fsp3) is 0.824. The highest BCUT2D eigenvalue weighted by molar-refractivity contribution is 5.93. The van der Waals surface area contributed by atoms with E-state index < -0.39 is 0 Å². The topological polar surface area (TPSA) is 38.3 Å². The van der Waals surface area contributed by atoms with E-state index in [1.165, 1.54) is 0 Å². The molecule has 116 valence electrons. The van der Waals surface area contributed by atoms with Crippen molar-refractivity contribution in [2.45, 2.75) is 85.1 Å². The minimum Gasteiger partial charge on any atom is -0.371 e. The van der Waals surface area contributed by atoms with Crippen LogP contribution in [0.4, 0.5) is 0 Å². The molecule has 1 rings (SSSR count). The summed E-state index contributed by atoms with van der Waals surface area (Å²) in [6.45, 7) is 12.5. The Labute approximate surface area is 124 Å². The van der Waals surface area contributed by atoms with Gasteiger partial charge in [-0.25, -0.2) is 0 Å². The van der Waals surface area contributed by atoms with Gasteiger partial charge in [-0.1, -0.05) is 34.6 Å². The highest BCUT2D eigenvalue weighted by Gasteiger charge is 2.33. The molecule has 0 unspecified atom stereocenters. The monoisotopic (exact) mass is 281 g/mol. The first-order chi connectivity index (χ1) is 9.38. The van der Waals surface area contributed by atoms with Gasteiger partial charge in [-0.15, -0.1) is 0 Å². The molecule has 1 N–H and O–H groups in total. The van der Waals surface area contributed by atoms with Crippen LogP contribution in [0.1, 0.15) is 60.8 Å². The van der Waals surface area contributed by atoms with E-state index in [0.29, 0.717) is 18.0 Å². The quantitative estimate of drug-likeness (QED) is 0.776. The van der Waals surface area contributed by atoms with Crippen LogP contribution in [0.15, 0.2) is 11.6 Å². The van der Waals surface area contributed by atoms with Crippen molar-refractivity contribution in [2.24, 2.45) is 5.92 Å². The molecule has 0 saturated carbocycles. The first-order valence-electron chi connectivity index (χ1n) is 8.02. The van der Waals surface area contributed by atoms with E-state index in [-0.39, 0.29) is 18.0 Å². The molecule has 0 spiro atoms. The van der Waals surface area contributed by atoms with Crippen LogP contribution in [0.3, 0.4) is 0 Å². The van der Waals surface area contributed by atoms with Crippen LogP contribution >= 0.6 is 0 Å². The SMILES string of the molecule is CCC(CC)O[C@@H]1C=C(C(C)=O)C[C@H](NC(C)C)[C@H]1C. The Balaban J connectivity index is 2.88. The van der Waals surface area contributed by atoms with Gasteiger partial charge < -0.3 is 10.1 Å². The Hall–Kier alpha value is -0.670. The lowest BCUT2D eigenvalue weighted by molar-refractivity contribution is -0.114. The highest BCUT2D eigenvalue weighted by Crippen LogP contribution is 2.29. The normalized spacial score (nSPS) is 27.0. The van der Waals surface area contributed by atoms with Crippen molar-refractivity contribution in [1.82, 2.24) is 5.32 Å². The first kappa shape index (κ1) is 17.4. The third kappa shape index (κ3) is 4.71. The fourth-order valence-corrected chi connectivity index (χ4v) is 2.84. The minimum atomic E-state index is 0.0452. The molecule has 0 amide bonds. The molecular weight excluding hydrogens is 250 g/mol. The predicted octanol–water partition coefficient (Wildman–Crippen LogP) is 3.48. The maximum atomic E-state index is 11.8. The molecule has 0 heterocycles. The Morgan fingerprint density at radius 1 is 1.40 bits per heavy atom. The van der Waals surface area contributed by atoms with Crippen molar-refractivity contribution in [2.75, 3.05) is 0 Å². The van der Waals surface area contributed by atoms with Gasteiger partial charge >= 0.3 is 0 Å². The summed E-state index contributed by atoms with van der Waals surface area (Å²) in [4.78, 5) is 11.8. The van der Waals surface area contributed by atoms with Crippen LogP contribution in [0, 0.1) is 5.92 Å². The zero-order valence-electron chi connectivity index (χ0n) is 13.9. The number of ether oxygens (including phenoxy) is 1. The lowest BCUT2D eigenvalue weighted by atomic mass is 9.82. The summed E-state index contributed by atoms with van der Waals surface area (Å²) in [5.41, 5.74) is 0.914. The summed E-state index contributed by atoms with van der Waals surface area (Å²) >= 11 is 0. The van der Waals surface area contributed by atoms with Gasteiger partial charge in [0, 0.05) is 18.0 Å². The molecule has 0 aromatic carbocycles. The highest BCUT2D eigenvalue weighted by atomic mass is 16.5. The summed E-state index contributed by atoms with van der Waals surface area (Å²) in [5.74, 6) is 0.562. The fourth-order valence-electron chi connectivity index (χ4n) is 2.84. The Bertz CT molecular complexity index is 345. The summed E-state index contributed by atoms with van der Waals surface area (Å²) < 4.78 is 6.23. The van der Waals surface area contributed by atoms with Crippen molar-refractivity contribution >= 4 is 5.78 Å². The number of carbonyl (C=O) groups is 1. The van der Waals surface area contributed by atoms with Gasteiger partial charge in [-0.3, -0.25) is 4.79 Å². The molecule has 1 aliphatic rings. The van der Waals surface area contributed by atoms with E-state index in [1.807, 2.05) is 0 Å². The summed E-state index contributed by atoms with van der Waals surface area (Å²) in [5, 5.41) is 3.58. The second-order valence-electron chi connectivity index (χ2n) is 6.28. The molecule has 3 nitrogen and oxygen atoms in total. The van der Waals surface area contributed by atoms with E-state index in [9.17, 15) is 4.79 Å². The molecule has 3 atom stereocenters. The van der Waals surface area contributed by atoms with Gasteiger partial charge in [0.15, 0.2) is 5.78 Å². The smallest absolute Gasteiger partial charge is 0.155 e. The molecule has 3 heteroatoms. The predicted molar refractivity (Wildman–Crippen MR) is 83.8 cm³/mol. The molecule has 0 aliphatic heterocycles. The van der Waals surface area contributed by atoms with Crippen molar-refractivity contribution in [3.63, 3.8) is 0 Å². The molecular formula is C17H31NO2. The molecule has 20 heavy (non-hydrogen) atoms. The van der Waals surface area contributed by atoms with Gasteiger partial charge in [-0.05, 0) is 37.8 Å². The van der Waals surface area contributed by atoms with Crippen LogP contribution in [0.25, 0.3) is 0 Å². The van der Waals surface area contributed by atoms with Crippen LogP contribution in [-0.4, -0.2) is 30.1 Å². The summed E-state index contributed by atoms with van der Waals surface area (Å²) in [6, 6.07) is 0.737. The summed E-state index contributed by atoms with van der Waals surface area (Å²) in [6.07, 6.45) is 5.24. The largest absolute Gasteiger partial charge is 0.371 e. The van der Waals surface area contributed by atoms with Gasteiger partial charge in [-0.2, -0.15) is 0 Å². The Kier molecular flexibility index (Phi) is 6.90. The van der Waals surface area contributed by atoms with Gasteiger partial charge in [0.25, 0.3) is 0 Å². The van der Waals surface area contributed by atoms with E-state index in [0.717, 1.165) is 24.8 Å².